The number of rotatable bonds is 3. The van der Waals surface area contributed by atoms with Crippen molar-refractivity contribution in [3.05, 3.63) is 64.3 Å². The van der Waals surface area contributed by atoms with Crippen molar-refractivity contribution in [3.8, 4) is 5.75 Å². The van der Waals surface area contributed by atoms with Crippen LogP contribution in [0.25, 0.3) is 10.9 Å². The summed E-state index contributed by atoms with van der Waals surface area (Å²) in [6, 6.07) is 12.5. The average Bonchev–Trinajstić information content (AvgIpc) is 2.85. The first-order valence-electron chi connectivity index (χ1n) is 7.16. The number of hydrogen-bond donors (Lipinski definition) is 1. The predicted molar refractivity (Wildman–Crippen MR) is 90.3 cm³/mol. The fourth-order valence-electron chi connectivity index (χ4n) is 2.82. The highest BCUT2D eigenvalue weighted by Gasteiger charge is 2.19. The Morgan fingerprint density at radius 3 is 2.65 bits per heavy atom. The molecular weight excluding hydrogens is 314 g/mol. The first-order chi connectivity index (χ1) is 11.1. The summed E-state index contributed by atoms with van der Waals surface area (Å²) in [5, 5.41) is 10.9. The number of carbonyl (C=O) groups is 1. The van der Waals surface area contributed by atoms with Crippen LogP contribution in [-0.2, 0) is 6.61 Å². The molecule has 0 atom stereocenters. The highest BCUT2D eigenvalue weighted by molar-refractivity contribution is 6.32. The Morgan fingerprint density at radius 1 is 1.26 bits per heavy atom. The first kappa shape index (κ1) is 15.6. The summed E-state index contributed by atoms with van der Waals surface area (Å²) in [4.78, 5) is 12.9. The van der Waals surface area contributed by atoms with Crippen LogP contribution in [0.4, 0.5) is 0 Å². The number of methoxy groups -OCH3 is 1. The predicted octanol–water partition coefficient (Wildman–Crippen LogP) is 3.79. The molecule has 0 aliphatic rings. The van der Waals surface area contributed by atoms with E-state index in [1.54, 1.807) is 22.8 Å². The number of aliphatic hydroxyl groups is 1. The summed E-state index contributed by atoms with van der Waals surface area (Å²) in [6.45, 7) is 1.71. The van der Waals surface area contributed by atoms with Crippen molar-refractivity contribution in [2.45, 2.75) is 13.5 Å². The number of aliphatic hydroxyl groups excluding tert-OH is 1. The van der Waals surface area contributed by atoms with E-state index in [1.807, 2.05) is 31.2 Å². The maximum absolute atomic E-state index is 12.9. The molecule has 0 aliphatic carbocycles. The van der Waals surface area contributed by atoms with E-state index in [4.69, 9.17) is 16.3 Å². The maximum atomic E-state index is 12.9. The molecule has 4 nitrogen and oxygen atoms in total. The fraction of sp³-hybridized carbons (Fsp3) is 0.167. The van der Waals surface area contributed by atoms with Crippen LogP contribution in [0.1, 0.15) is 21.6 Å². The highest BCUT2D eigenvalue weighted by Crippen LogP contribution is 2.29. The Labute approximate surface area is 138 Å². The monoisotopic (exact) mass is 329 g/mol. The number of hydrogen-bond acceptors (Lipinski definition) is 3. The van der Waals surface area contributed by atoms with Gasteiger partial charge in [-0.05, 0) is 31.2 Å². The molecule has 1 aromatic heterocycles. The summed E-state index contributed by atoms with van der Waals surface area (Å²) < 4.78 is 6.73. The largest absolute Gasteiger partial charge is 0.495 e. The van der Waals surface area contributed by atoms with Gasteiger partial charge in [0.05, 0.1) is 24.3 Å². The third kappa shape index (κ3) is 2.50. The third-order valence-electron chi connectivity index (χ3n) is 4.00. The highest BCUT2D eigenvalue weighted by atomic mass is 35.5. The second-order valence-electron chi connectivity index (χ2n) is 5.23. The molecule has 2 aromatic carbocycles. The lowest BCUT2D eigenvalue weighted by molar-refractivity contribution is 0.0962. The van der Waals surface area contributed by atoms with Gasteiger partial charge in [-0.3, -0.25) is 9.36 Å². The van der Waals surface area contributed by atoms with Crippen LogP contribution in [0, 0.1) is 6.92 Å². The van der Waals surface area contributed by atoms with Gasteiger partial charge in [0.15, 0.2) is 0 Å². The van der Waals surface area contributed by atoms with Gasteiger partial charge < -0.3 is 9.84 Å². The summed E-state index contributed by atoms with van der Waals surface area (Å²) in [5.74, 6) is 0.330. The van der Waals surface area contributed by atoms with Gasteiger partial charge in [-0.1, -0.05) is 29.8 Å². The van der Waals surface area contributed by atoms with Crippen molar-refractivity contribution >= 4 is 28.4 Å². The number of para-hydroxylation sites is 1. The van der Waals surface area contributed by atoms with Crippen molar-refractivity contribution in [1.82, 2.24) is 4.57 Å². The summed E-state index contributed by atoms with van der Waals surface area (Å²) >= 11 is 6.13. The van der Waals surface area contributed by atoms with E-state index in [-0.39, 0.29) is 12.5 Å². The smallest absolute Gasteiger partial charge is 0.262 e. The minimum Gasteiger partial charge on any atom is -0.495 e. The van der Waals surface area contributed by atoms with Crippen molar-refractivity contribution in [3.63, 3.8) is 0 Å². The Hall–Kier alpha value is -2.30. The second-order valence-corrected chi connectivity index (χ2v) is 5.64. The Morgan fingerprint density at radius 2 is 2.00 bits per heavy atom. The van der Waals surface area contributed by atoms with Crippen molar-refractivity contribution in [2.24, 2.45) is 0 Å². The molecular formula is C18H16ClNO3. The normalized spacial score (nSPS) is 11.0. The molecule has 0 aliphatic heterocycles. The maximum Gasteiger partial charge on any atom is 0.262 e. The Balaban J connectivity index is 2.18. The summed E-state index contributed by atoms with van der Waals surface area (Å²) in [7, 11) is 1.53. The van der Waals surface area contributed by atoms with Crippen LogP contribution in [0.3, 0.4) is 0 Å². The molecule has 0 fully saturated rings. The quantitative estimate of drug-likeness (QED) is 0.795. The zero-order chi connectivity index (χ0) is 16.6. The van der Waals surface area contributed by atoms with Crippen molar-refractivity contribution in [1.29, 1.82) is 0 Å². The standard InChI is InChI=1S/C18H16ClNO3/c1-11-14(10-21)13-5-3-4-6-16(13)20(11)18(22)12-7-8-17(23-2)15(19)9-12/h3-9,21H,10H2,1-2H3. The van der Waals surface area contributed by atoms with Crippen LogP contribution in [0.15, 0.2) is 42.5 Å². The molecule has 0 saturated heterocycles. The molecule has 3 rings (SSSR count). The van der Waals surface area contributed by atoms with Crippen LogP contribution in [-0.4, -0.2) is 22.7 Å². The topological polar surface area (TPSA) is 51.5 Å². The van der Waals surface area contributed by atoms with Crippen LogP contribution < -0.4 is 4.74 Å². The number of benzene rings is 2. The zero-order valence-electron chi connectivity index (χ0n) is 12.8. The van der Waals surface area contributed by atoms with Gasteiger partial charge in [0.25, 0.3) is 5.91 Å². The number of fused-ring (bicyclic) bond motifs is 1. The van der Waals surface area contributed by atoms with Gasteiger partial charge in [-0.2, -0.15) is 0 Å². The molecule has 1 heterocycles. The molecule has 0 radical (unpaired) electrons. The molecule has 0 amide bonds. The molecule has 118 valence electrons. The summed E-state index contributed by atoms with van der Waals surface area (Å²) in [6.07, 6.45) is 0. The summed E-state index contributed by atoms with van der Waals surface area (Å²) in [5.41, 5.74) is 2.72. The number of ether oxygens (including phenoxy) is 1. The first-order valence-corrected chi connectivity index (χ1v) is 7.54. The molecule has 0 spiro atoms. The van der Waals surface area contributed by atoms with Gasteiger partial charge in [0.2, 0.25) is 0 Å². The van der Waals surface area contributed by atoms with E-state index >= 15 is 0 Å². The van der Waals surface area contributed by atoms with E-state index < -0.39 is 0 Å². The van der Waals surface area contributed by atoms with Gasteiger partial charge in [0.1, 0.15) is 5.75 Å². The molecule has 3 aromatic rings. The van der Waals surface area contributed by atoms with E-state index in [0.717, 1.165) is 22.2 Å². The lowest BCUT2D eigenvalue weighted by Gasteiger charge is -2.09. The minimum absolute atomic E-state index is 0.115. The SMILES string of the molecule is COc1ccc(C(=O)n2c(C)c(CO)c3ccccc32)cc1Cl. The number of aromatic nitrogens is 1. The van der Waals surface area contributed by atoms with Gasteiger partial charge in [-0.25, -0.2) is 0 Å². The third-order valence-corrected chi connectivity index (χ3v) is 4.30. The second kappa shape index (κ2) is 6.07. The van der Waals surface area contributed by atoms with Crippen LogP contribution in [0.5, 0.6) is 5.75 Å². The van der Waals surface area contributed by atoms with E-state index in [2.05, 4.69) is 0 Å². The number of halogens is 1. The van der Waals surface area contributed by atoms with E-state index in [9.17, 15) is 9.90 Å². The lowest BCUT2D eigenvalue weighted by Crippen LogP contribution is -2.13. The minimum atomic E-state index is -0.192. The average molecular weight is 330 g/mol. The van der Waals surface area contributed by atoms with Gasteiger partial charge in [0, 0.05) is 22.2 Å². The molecule has 0 unspecified atom stereocenters. The van der Waals surface area contributed by atoms with Crippen molar-refractivity contribution < 1.29 is 14.6 Å². The van der Waals surface area contributed by atoms with E-state index in [0.29, 0.717) is 16.3 Å². The van der Waals surface area contributed by atoms with Gasteiger partial charge >= 0.3 is 0 Å². The molecule has 0 bridgehead atoms. The van der Waals surface area contributed by atoms with E-state index in [1.165, 1.54) is 7.11 Å². The van der Waals surface area contributed by atoms with Crippen molar-refractivity contribution in [2.75, 3.05) is 7.11 Å². The number of nitrogens with zero attached hydrogens (tertiary/aromatic N) is 1. The number of carbonyl (C=O) groups excluding carboxylic acids is 1. The molecule has 5 heteroatoms. The lowest BCUT2D eigenvalue weighted by atomic mass is 10.1. The Bertz CT molecular complexity index is 899. The Kier molecular flexibility index (Phi) is 4.11. The zero-order valence-corrected chi connectivity index (χ0v) is 13.6. The molecule has 1 N–H and O–H groups in total. The fourth-order valence-corrected chi connectivity index (χ4v) is 3.08. The van der Waals surface area contributed by atoms with Crippen LogP contribution in [0.2, 0.25) is 5.02 Å². The molecule has 23 heavy (non-hydrogen) atoms. The van der Waals surface area contributed by atoms with Crippen LogP contribution >= 0.6 is 11.6 Å². The van der Waals surface area contributed by atoms with Gasteiger partial charge in [-0.15, -0.1) is 0 Å². The molecule has 0 saturated carbocycles.